The van der Waals surface area contributed by atoms with E-state index in [1.54, 1.807) is 26.0 Å². The number of halogens is 1. The van der Waals surface area contributed by atoms with Crippen molar-refractivity contribution in [3.8, 4) is 0 Å². The van der Waals surface area contributed by atoms with Crippen molar-refractivity contribution in [1.29, 1.82) is 0 Å². The number of nitrogens with zero attached hydrogens (tertiary/aromatic N) is 1. The molecule has 0 radical (unpaired) electrons. The Morgan fingerprint density at radius 1 is 1.53 bits per heavy atom. The molecule has 0 saturated carbocycles. The highest BCUT2D eigenvalue weighted by atomic mass is 79.9. The van der Waals surface area contributed by atoms with Gasteiger partial charge in [-0.05, 0) is 41.9 Å². The first-order valence-electron chi connectivity index (χ1n) is 4.97. The Morgan fingerprint density at radius 2 is 2.18 bits per heavy atom. The molecular formula is C11H13BrN2O3. The predicted molar refractivity (Wildman–Crippen MR) is 65.7 cm³/mol. The molecule has 1 amide bonds. The van der Waals surface area contributed by atoms with Gasteiger partial charge in [0.15, 0.2) is 0 Å². The lowest BCUT2D eigenvalue weighted by molar-refractivity contribution is -0.138. The molecule has 0 aliphatic carbocycles. The van der Waals surface area contributed by atoms with Gasteiger partial charge in [0.2, 0.25) is 0 Å². The molecule has 0 spiro atoms. The fourth-order valence-corrected chi connectivity index (χ4v) is 1.78. The molecule has 0 fully saturated rings. The third kappa shape index (κ3) is 4.14. The number of carboxylic acids is 1. The van der Waals surface area contributed by atoms with Crippen LogP contribution >= 0.6 is 15.9 Å². The van der Waals surface area contributed by atoms with E-state index >= 15 is 0 Å². The highest BCUT2D eigenvalue weighted by molar-refractivity contribution is 9.10. The smallest absolute Gasteiger partial charge is 0.305 e. The minimum absolute atomic E-state index is 0.150. The van der Waals surface area contributed by atoms with E-state index in [0.717, 1.165) is 0 Å². The first-order chi connectivity index (χ1) is 7.82. The second-order valence-electron chi connectivity index (χ2n) is 4.24. The van der Waals surface area contributed by atoms with Crippen molar-refractivity contribution < 1.29 is 14.7 Å². The lowest BCUT2D eigenvalue weighted by atomic mass is 10.0. The highest BCUT2D eigenvalue weighted by Gasteiger charge is 2.25. The third-order valence-electron chi connectivity index (χ3n) is 2.02. The van der Waals surface area contributed by atoms with Gasteiger partial charge < -0.3 is 10.4 Å². The predicted octanol–water partition coefficient (Wildman–Crippen LogP) is 1.83. The van der Waals surface area contributed by atoms with Crippen molar-refractivity contribution in [1.82, 2.24) is 10.3 Å². The van der Waals surface area contributed by atoms with Crippen molar-refractivity contribution in [2.45, 2.75) is 25.8 Å². The quantitative estimate of drug-likeness (QED) is 0.889. The lowest BCUT2D eigenvalue weighted by Crippen LogP contribution is -2.45. The van der Waals surface area contributed by atoms with E-state index in [2.05, 4.69) is 26.2 Å². The number of rotatable bonds is 4. The normalized spacial score (nSPS) is 11.0. The molecule has 2 N–H and O–H groups in total. The summed E-state index contributed by atoms with van der Waals surface area (Å²) in [6, 6.07) is 3.40. The van der Waals surface area contributed by atoms with Crippen LogP contribution in [0.3, 0.4) is 0 Å². The summed E-state index contributed by atoms with van der Waals surface area (Å²) in [5, 5.41) is 11.3. The first-order valence-corrected chi connectivity index (χ1v) is 5.76. The van der Waals surface area contributed by atoms with E-state index in [-0.39, 0.29) is 12.1 Å². The van der Waals surface area contributed by atoms with E-state index in [4.69, 9.17) is 5.11 Å². The molecule has 0 aromatic carbocycles. The molecule has 0 aliphatic rings. The number of carbonyl (C=O) groups is 2. The monoisotopic (exact) mass is 300 g/mol. The van der Waals surface area contributed by atoms with Crippen molar-refractivity contribution in [2.75, 3.05) is 0 Å². The van der Waals surface area contributed by atoms with E-state index in [1.165, 1.54) is 6.20 Å². The summed E-state index contributed by atoms with van der Waals surface area (Å²) in [7, 11) is 0. The van der Waals surface area contributed by atoms with E-state index in [0.29, 0.717) is 4.47 Å². The largest absolute Gasteiger partial charge is 0.481 e. The number of pyridine rings is 1. The van der Waals surface area contributed by atoms with Crippen LogP contribution in [-0.2, 0) is 4.79 Å². The Bertz CT molecular complexity index is 446. The summed E-state index contributed by atoms with van der Waals surface area (Å²) >= 11 is 3.22. The van der Waals surface area contributed by atoms with E-state index in [9.17, 15) is 9.59 Å². The van der Waals surface area contributed by atoms with Gasteiger partial charge in [-0.1, -0.05) is 0 Å². The first kappa shape index (κ1) is 13.6. The number of nitrogens with one attached hydrogen (secondary N) is 1. The lowest BCUT2D eigenvalue weighted by Gasteiger charge is -2.24. The van der Waals surface area contributed by atoms with Gasteiger partial charge in [-0.3, -0.25) is 9.59 Å². The fourth-order valence-electron chi connectivity index (χ4n) is 1.34. The van der Waals surface area contributed by atoms with Crippen LogP contribution in [-0.4, -0.2) is 27.5 Å². The van der Waals surface area contributed by atoms with Gasteiger partial charge in [-0.15, -0.1) is 0 Å². The van der Waals surface area contributed by atoms with Crippen molar-refractivity contribution in [3.05, 3.63) is 28.5 Å². The van der Waals surface area contributed by atoms with Crippen LogP contribution in [0.5, 0.6) is 0 Å². The molecule has 1 aromatic rings. The highest BCUT2D eigenvalue weighted by Crippen LogP contribution is 2.15. The van der Waals surface area contributed by atoms with Gasteiger partial charge in [0.1, 0.15) is 5.69 Å². The van der Waals surface area contributed by atoms with Crippen molar-refractivity contribution in [3.63, 3.8) is 0 Å². The Labute approximate surface area is 107 Å². The summed E-state index contributed by atoms with van der Waals surface area (Å²) < 4.78 is 0.573. The van der Waals surface area contributed by atoms with Crippen LogP contribution in [0, 0.1) is 0 Å². The Kier molecular flexibility index (Phi) is 4.22. The van der Waals surface area contributed by atoms with Gasteiger partial charge in [0, 0.05) is 16.2 Å². The number of carboxylic acid groups (broad SMARTS) is 1. The van der Waals surface area contributed by atoms with Gasteiger partial charge in [-0.2, -0.15) is 0 Å². The maximum Gasteiger partial charge on any atom is 0.305 e. The molecule has 1 aromatic heterocycles. The number of hydrogen-bond donors (Lipinski definition) is 2. The summed E-state index contributed by atoms with van der Waals surface area (Å²) in [6.45, 7) is 3.30. The van der Waals surface area contributed by atoms with Gasteiger partial charge in [-0.25, -0.2) is 4.98 Å². The molecule has 17 heavy (non-hydrogen) atoms. The number of hydrogen-bond acceptors (Lipinski definition) is 3. The Hall–Kier alpha value is -1.43. The molecule has 1 heterocycles. The zero-order valence-corrected chi connectivity index (χ0v) is 11.1. The molecular weight excluding hydrogens is 288 g/mol. The molecule has 0 atom stereocenters. The van der Waals surface area contributed by atoms with Crippen LogP contribution < -0.4 is 5.32 Å². The SMILES string of the molecule is CC(C)(CC(=O)O)NC(=O)c1ncccc1Br. The minimum Gasteiger partial charge on any atom is -0.481 e. The third-order valence-corrected chi connectivity index (χ3v) is 2.66. The van der Waals surface area contributed by atoms with Crippen LogP contribution in [0.4, 0.5) is 0 Å². The summed E-state index contributed by atoms with van der Waals surface area (Å²) in [6.07, 6.45) is 1.35. The zero-order valence-electron chi connectivity index (χ0n) is 9.53. The minimum atomic E-state index is -0.963. The number of aliphatic carboxylic acids is 1. The molecule has 92 valence electrons. The molecule has 0 bridgehead atoms. The second kappa shape index (κ2) is 5.27. The summed E-state index contributed by atoms with van der Waals surface area (Å²) in [4.78, 5) is 26.4. The maximum atomic E-state index is 11.9. The summed E-state index contributed by atoms with van der Waals surface area (Å²) in [5.74, 6) is -1.36. The van der Waals surface area contributed by atoms with Crippen LogP contribution in [0.25, 0.3) is 0 Å². The molecule has 1 rings (SSSR count). The second-order valence-corrected chi connectivity index (χ2v) is 5.10. The van der Waals surface area contributed by atoms with E-state index < -0.39 is 17.4 Å². The van der Waals surface area contributed by atoms with Crippen LogP contribution in [0.15, 0.2) is 22.8 Å². The van der Waals surface area contributed by atoms with Gasteiger partial charge in [0.25, 0.3) is 5.91 Å². The van der Waals surface area contributed by atoms with Crippen molar-refractivity contribution >= 4 is 27.8 Å². The Morgan fingerprint density at radius 3 is 2.71 bits per heavy atom. The fraction of sp³-hybridized carbons (Fsp3) is 0.364. The summed E-state index contributed by atoms with van der Waals surface area (Å²) in [5.41, 5.74) is -0.578. The molecule has 6 heteroatoms. The molecule has 0 saturated heterocycles. The standard InChI is InChI=1S/C11H13BrN2O3/c1-11(2,6-8(15)16)14-10(17)9-7(12)4-3-5-13-9/h3-5H,6H2,1-2H3,(H,14,17)(H,15,16). The van der Waals surface area contributed by atoms with Crippen LogP contribution in [0.1, 0.15) is 30.8 Å². The maximum absolute atomic E-state index is 11.9. The van der Waals surface area contributed by atoms with Crippen LogP contribution in [0.2, 0.25) is 0 Å². The Balaban J connectivity index is 2.79. The topological polar surface area (TPSA) is 79.3 Å². The molecule has 0 unspecified atom stereocenters. The number of carbonyl (C=O) groups excluding carboxylic acids is 1. The average Bonchev–Trinajstić information content (AvgIpc) is 2.14. The molecule has 0 aliphatic heterocycles. The van der Waals surface area contributed by atoms with Gasteiger partial charge in [0.05, 0.1) is 6.42 Å². The number of amides is 1. The van der Waals surface area contributed by atoms with E-state index in [1.807, 2.05) is 0 Å². The zero-order chi connectivity index (χ0) is 13.1. The van der Waals surface area contributed by atoms with Crippen molar-refractivity contribution in [2.24, 2.45) is 0 Å². The average molecular weight is 301 g/mol. The molecule has 5 nitrogen and oxygen atoms in total. The number of aromatic nitrogens is 1. The van der Waals surface area contributed by atoms with Gasteiger partial charge >= 0.3 is 5.97 Å².